The van der Waals surface area contributed by atoms with Gasteiger partial charge >= 0.3 is 0 Å². The molecular weight excluding hydrogens is 306 g/mol. The number of pyridine rings is 1. The van der Waals surface area contributed by atoms with Gasteiger partial charge < -0.3 is 14.6 Å². The van der Waals surface area contributed by atoms with Gasteiger partial charge in [-0.15, -0.1) is 10.2 Å². The fourth-order valence-electron chi connectivity index (χ4n) is 1.38. The smallest absolute Gasteiger partial charge is 0.277 e. The molecule has 0 unspecified atom stereocenters. The molecule has 0 aromatic carbocycles. The molecule has 22 heavy (non-hydrogen) atoms. The van der Waals surface area contributed by atoms with Crippen molar-refractivity contribution in [3.8, 4) is 11.5 Å². The fraction of sp³-hybridized carbons (Fsp3) is 0.308. The number of nitrogens with zero attached hydrogens (tertiary/aromatic N) is 4. The molecule has 0 fully saturated rings. The van der Waals surface area contributed by atoms with Crippen molar-refractivity contribution in [1.29, 1.82) is 0 Å². The first-order chi connectivity index (χ1) is 10.6. The van der Waals surface area contributed by atoms with Crippen LogP contribution in [0.15, 0.2) is 34.2 Å². The van der Waals surface area contributed by atoms with Crippen LogP contribution in [0.1, 0.15) is 0 Å². The van der Waals surface area contributed by atoms with Gasteiger partial charge in [-0.25, -0.2) is 0 Å². The zero-order chi connectivity index (χ0) is 15.9. The van der Waals surface area contributed by atoms with Crippen LogP contribution < -0.4 is 5.32 Å². The predicted molar refractivity (Wildman–Crippen MR) is 80.0 cm³/mol. The van der Waals surface area contributed by atoms with E-state index in [-0.39, 0.29) is 29.3 Å². The highest BCUT2D eigenvalue weighted by molar-refractivity contribution is 7.99. The van der Waals surface area contributed by atoms with E-state index in [4.69, 9.17) is 4.42 Å². The third kappa shape index (κ3) is 4.55. The Hall–Kier alpha value is -2.42. The van der Waals surface area contributed by atoms with Crippen molar-refractivity contribution in [3.63, 3.8) is 0 Å². The first kappa shape index (κ1) is 16.0. The first-order valence-electron chi connectivity index (χ1n) is 6.40. The summed E-state index contributed by atoms with van der Waals surface area (Å²) in [5.74, 6) is -0.00910. The summed E-state index contributed by atoms with van der Waals surface area (Å²) in [5.41, 5.74) is 0.711. The summed E-state index contributed by atoms with van der Waals surface area (Å²) in [5, 5.41) is 10.5. The Morgan fingerprint density at radius 1 is 1.36 bits per heavy atom. The maximum Gasteiger partial charge on any atom is 0.277 e. The van der Waals surface area contributed by atoms with Gasteiger partial charge in [-0.3, -0.25) is 14.6 Å². The van der Waals surface area contributed by atoms with Gasteiger partial charge in [-0.1, -0.05) is 11.8 Å². The SMILES string of the molecule is CN(C)C(=O)CNC(=O)CSc1nnc(-c2cccnc2)o1. The van der Waals surface area contributed by atoms with E-state index in [1.165, 1.54) is 4.90 Å². The van der Waals surface area contributed by atoms with Crippen LogP contribution >= 0.6 is 11.8 Å². The second kappa shape index (κ2) is 7.55. The number of carbonyl (C=O) groups excluding carboxylic acids is 2. The molecule has 2 aromatic heterocycles. The second-order valence-electron chi connectivity index (χ2n) is 4.47. The topological polar surface area (TPSA) is 101 Å². The third-order valence-corrected chi connectivity index (χ3v) is 3.40. The molecule has 0 saturated carbocycles. The highest BCUT2D eigenvalue weighted by Gasteiger charge is 2.12. The summed E-state index contributed by atoms with van der Waals surface area (Å²) >= 11 is 1.11. The van der Waals surface area contributed by atoms with Crippen molar-refractivity contribution in [2.45, 2.75) is 5.22 Å². The highest BCUT2D eigenvalue weighted by atomic mass is 32.2. The van der Waals surface area contributed by atoms with Gasteiger partial charge in [0, 0.05) is 26.5 Å². The Kier molecular flexibility index (Phi) is 5.48. The van der Waals surface area contributed by atoms with Crippen LogP contribution in [0.25, 0.3) is 11.5 Å². The number of rotatable bonds is 6. The van der Waals surface area contributed by atoms with Gasteiger partial charge in [0.05, 0.1) is 17.9 Å². The number of hydrogen-bond acceptors (Lipinski definition) is 7. The molecular formula is C13H15N5O3S. The Morgan fingerprint density at radius 3 is 2.86 bits per heavy atom. The zero-order valence-electron chi connectivity index (χ0n) is 12.1. The Bertz CT molecular complexity index is 644. The molecule has 9 heteroatoms. The van der Waals surface area contributed by atoms with Crippen LogP contribution in [0.3, 0.4) is 0 Å². The molecule has 0 bridgehead atoms. The minimum Gasteiger partial charge on any atom is -0.411 e. The lowest BCUT2D eigenvalue weighted by atomic mass is 10.3. The van der Waals surface area contributed by atoms with Gasteiger partial charge in [-0.05, 0) is 12.1 Å². The summed E-state index contributed by atoms with van der Waals surface area (Å²) in [6.45, 7) is -0.0306. The van der Waals surface area contributed by atoms with Gasteiger partial charge in [0.25, 0.3) is 5.22 Å². The predicted octanol–water partition coefficient (Wildman–Crippen LogP) is 0.428. The van der Waals surface area contributed by atoms with Crippen molar-refractivity contribution >= 4 is 23.6 Å². The molecule has 2 rings (SSSR count). The van der Waals surface area contributed by atoms with Crippen molar-refractivity contribution in [2.75, 3.05) is 26.4 Å². The molecule has 8 nitrogen and oxygen atoms in total. The zero-order valence-corrected chi connectivity index (χ0v) is 13.0. The van der Waals surface area contributed by atoms with E-state index < -0.39 is 0 Å². The van der Waals surface area contributed by atoms with E-state index >= 15 is 0 Å². The van der Waals surface area contributed by atoms with Crippen LogP contribution in [-0.2, 0) is 9.59 Å². The Balaban J connectivity index is 1.81. The van der Waals surface area contributed by atoms with Gasteiger partial charge in [0.15, 0.2) is 0 Å². The van der Waals surface area contributed by atoms with Gasteiger partial charge in [-0.2, -0.15) is 0 Å². The molecule has 1 N–H and O–H groups in total. The molecule has 0 aliphatic rings. The number of carbonyl (C=O) groups is 2. The molecule has 0 spiro atoms. The van der Waals surface area contributed by atoms with E-state index in [9.17, 15) is 9.59 Å². The van der Waals surface area contributed by atoms with Gasteiger partial charge in [0.1, 0.15) is 0 Å². The molecule has 0 atom stereocenters. The standard InChI is InChI=1S/C13H15N5O3S/c1-18(2)11(20)7-15-10(19)8-22-13-17-16-12(21-13)9-4-3-5-14-6-9/h3-6H,7-8H2,1-2H3,(H,15,19). The third-order valence-electron chi connectivity index (χ3n) is 2.58. The average Bonchev–Trinajstić information content (AvgIpc) is 3.00. The van der Waals surface area contributed by atoms with Crippen LogP contribution in [-0.4, -0.2) is 58.3 Å². The summed E-state index contributed by atoms with van der Waals surface area (Å²) in [6.07, 6.45) is 3.26. The van der Waals surface area contributed by atoms with Crippen molar-refractivity contribution < 1.29 is 14.0 Å². The number of thioether (sulfide) groups is 1. The monoisotopic (exact) mass is 321 g/mol. The molecule has 0 aliphatic heterocycles. The number of nitrogens with one attached hydrogen (secondary N) is 1. The summed E-state index contributed by atoms with van der Waals surface area (Å²) < 4.78 is 5.43. The Morgan fingerprint density at radius 2 is 2.18 bits per heavy atom. The largest absolute Gasteiger partial charge is 0.411 e. The van der Waals surface area contributed by atoms with Crippen LogP contribution in [0.4, 0.5) is 0 Å². The summed E-state index contributed by atoms with van der Waals surface area (Å²) in [7, 11) is 3.25. The normalized spacial score (nSPS) is 10.3. The minimum absolute atomic E-state index is 0.0306. The lowest BCUT2D eigenvalue weighted by molar-refractivity contribution is -0.130. The summed E-state index contributed by atoms with van der Waals surface area (Å²) in [4.78, 5) is 28.3. The maximum atomic E-state index is 11.6. The van der Waals surface area contributed by atoms with Crippen molar-refractivity contribution in [1.82, 2.24) is 25.4 Å². The van der Waals surface area contributed by atoms with E-state index in [0.29, 0.717) is 11.5 Å². The molecule has 0 saturated heterocycles. The molecule has 2 aromatic rings. The van der Waals surface area contributed by atoms with Crippen LogP contribution in [0.2, 0.25) is 0 Å². The number of likely N-dealkylation sites (N-methyl/N-ethyl adjacent to an activating group) is 1. The first-order valence-corrected chi connectivity index (χ1v) is 7.38. The van der Waals surface area contributed by atoms with E-state index in [1.54, 1.807) is 38.6 Å². The lowest BCUT2D eigenvalue weighted by Crippen LogP contribution is -2.36. The van der Waals surface area contributed by atoms with E-state index in [2.05, 4.69) is 20.5 Å². The highest BCUT2D eigenvalue weighted by Crippen LogP contribution is 2.21. The average molecular weight is 321 g/mol. The van der Waals surface area contributed by atoms with Crippen LogP contribution in [0, 0.1) is 0 Å². The van der Waals surface area contributed by atoms with Crippen LogP contribution in [0.5, 0.6) is 0 Å². The quantitative estimate of drug-likeness (QED) is 0.770. The Labute approximate surface area is 131 Å². The fourth-order valence-corrected chi connectivity index (χ4v) is 1.98. The molecule has 116 valence electrons. The van der Waals surface area contributed by atoms with E-state index in [0.717, 1.165) is 11.8 Å². The molecule has 0 aliphatic carbocycles. The summed E-state index contributed by atoms with van der Waals surface area (Å²) in [6, 6.07) is 3.57. The van der Waals surface area contributed by atoms with Crippen molar-refractivity contribution in [3.05, 3.63) is 24.5 Å². The molecule has 2 heterocycles. The lowest BCUT2D eigenvalue weighted by Gasteiger charge is -2.10. The van der Waals surface area contributed by atoms with Crippen molar-refractivity contribution in [2.24, 2.45) is 0 Å². The molecule has 0 radical (unpaired) electrons. The minimum atomic E-state index is -0.277. The molecule has 2 amide bonds. The number of amides is 2. The number of hydrogen-bond donors (Lipinski definition) is 1. The van der Waals surface area contributed by atoms with E-state index in [1.807, 2.05) is 0 Å². The second-order valence-corrected chi connectivity index (χ2v) is 5.39. The van der Waals surface area contributed by atoms with Gasteiger partial charge in [0.2, 0.25) is 17.7 Å². The maximum absolute atomic E-state index is 11.6. The number of aromatic nitrogens is 3.